The number of halogens is 1. The summed E-state index contributed by atoms with van der Waals surface area (Å²) in [6, 6.07) is 5.28. The Balaban J connectivity index is 2.89. The van der Waals surface area contributed by atoms with Crippen LogP contribution in [0.1, 0.15) is 17.3 Å². The summed E-state index contributed by atoms with van der Waals surface area (Å²) in [6.45, 7) is 3.65. The summed E-state index contributed by atoms with van der Waals surface area (Å²) in [5.41, 5.74) is 6.83. The van der Waals surface area contributed by atoms with Gasteiger partial charge in [-0.1, -0.05) is 15.9 Å². The fraction of sp³-hybridized carbons (Fsp3) is 0.417. The summed E-state index contributed by atoms with van der Waals surface area (Å²) in [5.74, 6) is -0.0663. The lowest BCUT2D eigenvalue weighted by molar-refractivity contribution is 0.0707. The molecule has 0 atom stereocenters. The second-order valence-corrected chi connectivity index (χ2v) is 4.52. The van der Waals surface area contributed by atoms with Crippen LogP contribution < -0.4 is 5.73 Å². The summed E-state index contributed by atoms with van der Waals surface area (Å²) in [4.78, 5) is 13.9. The molecule has 0 radical (unpaired) electrons. The van der Waals surface area contributed by atoms with Crippen molar-refractivity contribution >= 4 is 27.5 Å². The number of nitrogens with two attached hydrogens (primary N) is 1. The van der Waals surface area contributed by atoms with Crippen molar-refractivity contribution in [2.75, 3.05) is 32.5 Å². The lowest BCUT2D eigenvalue weighted by Gasteiger charge is -2.21. The normalized spacial score (nSPS) is 10.3. The van der Waals surface area contributed by atoms with E-state index in [4.69, 9.17) is 10.5 Å². The molecule has 0 unspecified atom stereocenters. The average molecular weight is 301 g/mol. The lowest BCUT2D eigenvalue weighted by Crippen LogP contribution is -2.34. The number of nitrogens with zero attached hydrogens (tertiary/aromatic N) is 1. The minimum absolute atomic E-state index is 0.0663. The van der Waals surface area contributed by atoms with Crippen LogP contribution in [-0.4, -0.2) is 37.6 Å². The third kappa shape index (κ3) is 3.71. The Morgan fingerprint density at radius 3 is 2.82 bits per heavy atom. The highest BCUT2D eigenvalue weighted by Crippen LogP contribution is 2.20. The number of amides is 1. The summed E-state index contributed by atoms with van der Waals surface area (Å²) < 4.78 is 5.82. The first-order valence-corrected chi connectivity index (χ1v) is 6.22. The number of benzene rings is 1. The monoisotopic (exact) mass is 300 g/mol. The second kappa shape index (κ2) is 6.61. The molecule has 2 N–H and O–H groups in total. The summed E-state index contributed by atoms with van der Waals surface area (Å²) >= 11 is 3.34. The number of methoxy groups -OCH3 is 1. The number of hydrogen-bond donors (Lipinski definition) is 1. The topological polar surface area (TPSA) is 55.6 Å². The van der Waals surface area contributed by atoms with Crippen LogP contribution in [0.5, 0.6) is 0 Å². The van der Waals surface area contributed by atoms with Gasteiger partial charge in [0.05, 0.1) is 12.2 Å². The molecule has 1 aromatic carbocycles. The van der Waals surface area contributed by atoms with E-state index in [0.29, 0.717) is 30.9 Å². The van der Waals surface area contributed by atoms with Gasteiger partial charge in [-0.05, 0) is 25.1 Å². The van der Waals surface area contributed by atoms with Crippen LogP contribution >= 0.6 is 15.9 Å². The minimum atomic E-state index is -0.0663. The Bertz CT molecular complexity index is 396. The molecular weight excluding hydrogens is 284 g/mol. The van der Waals surface area contributed by atoms with E-state index in [2.05, 4.69) is 15.9 Å². The fourth-order valence-corrected chi connectivity index (χ4v) is 1.85. The van der Waals surface area contributed by atoms with Gasteiger partial charge >= 0.3 is 0 Å². The van der Waals surface area contributed by atoms with Crippen molar-refractivity contribution in [2.45, 2.75) is 6.92 Å². The Morgan fingerprint density at radius 2 is 2.24 bits per heavy atom. The molecule has 4 nitrogen and oxygen atoms in total. The van der Waals surface area contributed by atoms with Crippen LogP contribution in [0.4, 0.5) is 5.69 Å². The Morgan fingerprint density at radius 1 is 1.53 bits per heavy atom. The number of nitrogen functional groups attached to an aromatic ring is 1. The molecule has 94 valence electrons. The molecule has 0 fully saturated rings. The van der Waals surface area contributed by atoms with E-state index in [0.717, 1.165) is 4.47 Å². The number of ether oxygens (including phenoxy) is 1. The largest absolute Gasteiger partial charge is 0.398 e. The quantitative estimate of drug-likeness (QED) is 0.848. The Hall–Kier alpha value is -1.07. The predicted octanol–water partition coefficient (Wildman–Crippen LogP) is 2.14. The molecule has 0 saturated carbocycles. The van der Waals surface area contributed by atoms with E-state index >= 15 is 0 Å². The lowest BCUT2D eigenvalue weighted by atomic mass is 10.1. The second-order valence-electron chi connectivity index (χ2n) is 3.61. The molecule has 0 spiro atoms. The van der Waals surface area contributed by atoms with Crippen molar-refractivity contribution in [3.63, 3.8) is 0 Å². The maximum Gasteiger partial charge on any atom is 0.256 e. The maximum absolute atomic E-state index is 12.2. The minimum Gasteiger partial charge on any atom is -0.398 e. The van der Waals surface area contributed by atoms with Gasteiger partial charge in [-0.3, -0.25) is 4.79 Å². The molecule has 0 heterocycles. The summed E-state index contributed by atoms with van der Waals surface area (Å²) in [5, 5.41) is 0. The van der Waals surface area contributed by atoms with Gasteiger partial charge < -0.3 is 15.4 Å². The highest BCUT2D eigenvalue weighted by atomic mass is 79.9. The number of rotatable bonds is 5. The number of carbonyl (C=O) groups excluding carboxylic acids is 1. The van der Waals surface area contributed by atoms with Crippen LogP contribution in [-0.2, 0) is 4.74 Å². The first-order chi connectivity index (χ1) is 8.10. The van der Waals surface area contributed by atoms with Gasteiger partial charge in [0.15, 0.2) is 0 Å². The molecule has 0 aromatic heterocycles. The first-order valence-electron chi connectivity index (χ1n) is 5.43. The van der Waals surface area contributed by atoms with Crippen LogP contribution in [0, 0.1) is 0 Å². The van der Waals surface area contributed by atoms with Crippen LogP contribution in [0.2, 0.25) is 0 Å². The molecule has 5 heteroatoms. The molecular formula is C12H17BrN2O2. The van der Waals surface area contributed by atoms with Crippen molar-refractivity contribution in [1.29, 1.82) is 0 Å². The Labute approximate surface area is 110 Å². The first kappa shape index (κ1) is 14.0. The van der Waals surface area contributed by atoms with Crippen molar-refractivity contribution in [2.24, 2.45) is 0 Å². The average Bonchev–Trinajstić information content (AvgIpc) is 2.33. The van der Waals surface area contributed by atoms with Gasteiger partial charge in [0.25, 0.3) is 5.91 Å². The molecule has 0 saturated heterocycles. The SMILES string of the molecule is CCN(CCOC)C(=O)c1cc(Br)ccc1N. The van der Waals surface area contributed by atoms with Gasteiger partial charge in [0.2, 0.25) is 0 Å². The number of likely N-dealkylation sites (N-methyl/N-ethyl adjacent to an activating group) is 1. The van der Waals surface area contributed by atoms with E-state index in [1.165, 1.54) is 0 Å². The van der Waals surface area contributed by atoms with Crippen LogP contribution in [0.3, 0.4) is 0 Å². The molecule has 1 amide bonds. The smallest absolute Gasteiger partial charge is 0.256 e. The van der Waals surface area contributed by atoms with Gasteiger partial charge in [-0.15, -0.1) is 0 Å². The maximum atomic E-state index is 12.2. The van der Waals surface area contributed by atoms with E-state index in [9.17, 15) is 4.79 Å². The predicted molar refractivity (Wildman–Crippen MR) is 72.0 cm³/mol. The molecule has 0 aliphatic heterocycles. The van der Waals surface area contributed by atoms with Gasteiger partial charge in [-0.2, -0.15) is 0 Å². The highest BCUT2D eigenvalue weighted by Gasteiger charge is 2.16. The van der Waals surface area contributed by atoms with Gasteiger partial charge in [-0.25, -0.2) is 0 Å². The third-order valence-corrected chi connectivity index (χ3v) is 2.97. The van der Waals surface area contributed by atoms with Crippen molar-refractivity contribution in [1.82, 2.24) is 4.90 Å². The zero-order valence-electron chi connectivity index (χ0n) is 10.1. The zero-order chi connectivity index (χ0) is 12.8. The van der Waals surface area contributed by atoms with Crippen molar-refractivity contribution < 1.29 is 9.53 Å². The third-order valence-electron chi connectivity index (χ3n) is 2.48. The summed E-state index contributed by atoms with van der Waals surface area (Å²) in [7, 11) is 1.62. The van der Waals surface area contributed by atoms with Crippen molar-refractivity contribution in [3.05, 3.63) is 28.2 Å². The Kier molecular flexibility index (Phi) is 5.44. The standard InChI is InChI=1S/C12H17BrN2O2/c1-3-15(6-7-17-2)12(16)10-8-9(13)4-5-11(10)14/h4-5,8H,3,6-7,14H2,1-2H3. The van der Waals surface area contributed by atoms with Gasteiger partial charge in [0.1, 0.15) is 0 Å². The number of hydrogen-bond acceptors (Lipinski definition) is 3. The molecule has 17 heavy (non-hydrogen) atoms. The molecule has 0 aliphatic carbocycles. The van der Waals surface area contributed by atoms with E-state index in [1.807, 2.05) is 13.0 Å². The van der Waals surface area contributed by atoms with Gasteiger partial charge in [0, 0.05) is 30.4 Å². The molecule has 0 aliphatic rings. The van der Waals surface area contributed by atoms with Crippen LogP contribution in [0.15, 0.2) is 22.7 Å². The van der Waals surface area contributed by atoms with Crippen molar-refractivity contribution in [3.8, 4) is 0 Å². The van der Waals surface area contributed by atoms with E-state index in [1.54, 1.807) is 24.1 Å². The molecule has 1 aromatic rings. The van der Waals surface area contributed by atoms with Crippen LogP contribution in [0.25, 0.3) is 0 Å². The zero-order valence-corrected chi connectivity index (χ0v) is 11.7. The number of carbonyl (C=O) groups is 1. The molecule has 1 rings (SSSR count). The summed E-state index contributed by atoms with van der Waals surface area (Å²) in [6.07, 6.45) is 0. The number of anilines is 1. The van der Waals surface area contributed by atoms with E-state index in [-0.39, 0.29) is 5.91 Å². The van der Waals surface area contributed by atoms with E-state index < -0.39 is 0 Å². The highest BCUT2D eigenvalue weighted by molar-refractivity contribution is 9.10. The fourth-order valence-electron chi connectivity index (χ4n) is 1.49. The molecule has 0 bridgehead atoms.